The number of rotatable bonds is 6. The maximum absolute atomic E-state index is 11.2. The van der Waals surface area contributed by atoms with Crippen LogP contribution >= 0.6 is 0 Å². The van der Waals surface area contributed by atoms with Gasteiger partial charge in [0.15, 0.2) is 0 Å². The van der Waals surface area contributed by atoms with E-state index in [4.69, 9.17) is 4.74 Å². The number of carboxylic acid groups (broad SMARTS) is 1. The van der Waals surface area contributed by atoms with Gasteiger partial charge in [0.25, 0.3) is 0 Å². The van der Waals surface area contributed by atoms with Gasteiger partial charge in [-0.15, -0.1) is 0 Å². The van der Waals surface area contributed by atoms with Gasteiger partial charge in [-0.3, -0.25) is 4.79 Å². The lowest BCUT2D eigenvalue weighted by atomic mass is 9.96. The normalized spacial score (nSPS) is 13.3. The molecule has 0 fully saturated rings. The van der Waals surface area contributed by atoms with Crippen molar-refractivity contribution in [2.45, 2.75) is 39.2 Å². The molecule has 100 valence electrons. The number of benzene rings is 1. The van der Waals surface area contributed by atoms with Crippen LogP contribution in [0.1, 0.15) is 32.8 Å². The average molecular weight is 250 g/mol. The summed E-state index contributed by atoms with van der Waals surface area (Å²) in [5, 5.41) is 9.21. The van der Waals surface area contributed by atoms with Crippen molar-refractivity contribution < 1.29 is 14.6 Å². The van der Waals surface area contributed by atoms with E-state index in [9.17, 15) is 9.90 Å². The summed E-state index contributed by atoms with van der Waals surface area (Å²) in [4.78, 5) is 11.2. The molecule has 0 aromatic heterocycles. The van der Waals surface area contributed by atoms with E-state index in [-0.39, 0.29) is 11.5 Å². The Morgan fingerprint density at radius 1 is 1.28 bits per heavy atom. The number of hydrogen-bond donors (Lipinski definition) is 1. The minimum atomic E-state index is -0.753. The third kappa shape index (κ3) is 5.82. The third-order valence-electron chi connectivity index (χ3n) is 2.68. The van der Waals surface area contributed by atoms with Crippen molar-refractivity contribution in [3.05, 3.63) is 35.9 Å². The summed E-state index contributed by atoms with van der Waals surface area (Å²) in [6, 6.07) is 9.71. The zero-order valence-corrected chi connectivity index (χ0v) is 11.3. The molecule has 0 heterocycles. The van der Waals surface area contributed by atoms with Crippen molar-refractivity contribution in [3.8, 4) is 0 Å². The lowest BCUT2D eigenvalue weighted by molar-refractivity contribution is -0.142. The molecule has 1 rings (SSSR count). The second kappa shape index (κ2) is 6.55. The predicted octanol–water partition coefficient (Wildman–Crippen LogP) is 3.14. The van der Waals surface area contributed by atoms with Crippen LogP contribution in [0.15, 0.2) is 30.3 Å². The Hall–Kier alpha value is -1.35. The second-order valence-corrected chi connectivity index (χ2v) is 5.47. The monoisotopic (exact) mass is 250 g/mol. The first-order valence-electron chi connectivity index (χ1n) is 6.29. The minimum absolute atomic E-state index is 0.212. The van der Waals surface area contributed by atoms with Crippen molar-refractivity contribution >= 4 is 5.97 Å². The molecule has 0 aliphatic rings. The smallest absolute Gasteiger partial charge is 0.306 e. The molecule has 0 radical (unpaired) electrons. The third-order valence-corrected chi connectivity index (χ3v) is 2.68. The molecule has 0 spiro atoms. The molecule has 18 heavy (non-hydrogen) atoms. The molecular weight excluding hydrogens is 228 g/mol. The van der Waals surface area contributed by atoms with Gasteiger partial charge < -0.3 is 9.84 Å². The summed E-state index contributed by atoms with van der Waals surface area (Å²) in [6.07, 6.45) is 1.10. The van der Waals surface area contributed by atoms with Crippen molar-refractivity contribution in [3.63, 3.8) is 0 Å². The number of ether oxygens (including phenoxy) is 1. The van der Waals surface area contributed by atoms with E-state index in [1.807, 2.05) is 51.1 Å². The Morgan fingerprint density at radius 3 is 2.39 bits per heavy atom. The van der Waals surface area contributed by atoms with Gasteiger partial charge in [-0.2, -0.15) is 0 Å². The predicted molar refractivity (Wildman–Crippen MR) is 71.6 cm³/mol. The Kier molecular flexibility index (Phi) is 5.35. The van der Waals surface area contributed by atoms with E-state index in [2.05, 4.69) is 0 Å². The first kappa shape index (κ1) is 14.7. The molecule has 1 aromatic carbocycles. The molecule has 0 amide bonds. The van der Waals surface area contributed by atoms with Crippen molar-refractivity contribution in [1.82, 2.24) is 0 Å². The molecule has 3 heteroatoms. The lowest BCUT2D eigenvalue weighted by Gasteiger charge is -2.21. The summed E-state index contributed by atoms with van der Waals surface area (Å²) in [6.45, 7) is 6.40. The molecule has 0 bridgehead atoms. The molecule has 1 aromatic rings. The van der Waals surface area contributed by atoms with E-state index in [1.165, 1.54) is 0 Å². The van der Waals surface area contributed by atoms with Gasteiger partial charge in [0.2, 0.25) is 0 Å². The molecule has 0 aliphatic heterocycles. The Bertz CT molecular complexity index is 365. The quantitative estimate of drug-likeness (QED) is 0.843. The van der Waals surface area contributed by atoms with Crippen LogP contribution in [0.25, 0.3) is 0 Å². The standard InChI is InChI=1S/C15H22O3/c1-15(2,3)18-10-9-13(14(16)17)11-12-7-5-4-6-8-12/h4-8,13H,9-11H2,1-3H3,(H,16,17). The fraction of sp³-hybridized carbons (Fsp3) is 0.533. The maximum atomic E-state index is 11.2. The van der Waals surface area contributed by atoms with Gasteiger partial charge in [-0.25, -0.2) is 0 Å². The Balaban J connectivity index is 2.49. The fourth-order valence-corrected chi connectivity index (χ4v) is 1.72. The molecule has 1 N–H and O–H groups in total. The first-order chi connectivity index (χ1) is 8.38. The molecular formula is C15H22O3. The second-order valence-electron chi connectivity index (χ2n) is 5.47. The largest absolute Gasteiger partial charge is 0.481 e. The zero-order chi connectivity index (χ0) is 13.6. The Labute approximate surface area is 109 Å². The van der Waals surface area contributed by atoms with Gasteiger partial charge in [0, 0.05) is 6.61 Å². The van der Waals surface area contributed by atoms with Crippen LogP contribution in [0.5, 0.6) is 0 Å². The summed E-state index contributed by atoms with van der Waals surface area (Å²) in [5.41, 5.74) is 0.844. The fourth-order valence-electron chi connectivity index (χ4n) is 1.72. The van der Waals surface area contributed by atoms with Crippen LogP contribution in [0, 0.1) is 5.92 Å². The van der Waals surface area contributed by atoms with Crippen LogP contribution < -0.4 is 0 Å². The highest BCUT2D eigenvalue weighted by molar-refractivity contribution is 5.70. The van der Waals surface area contributed by atoms with E-state index >= 15 is 0 Å². The summed E-state index contributed by atoms with van der Waals surface area (Å²) >= 11 is 0. The van der Waals surface area contributed by atoms with E-state index in [1.54, 1.807) is 0 Å². The molecule has 1 unspecified atom stereocenters. The van der Waals surface area contributed by atoms with Gasteiger partial charge in [-0.1, -0.05) is 30.3 Å². The average Bonchev–Trinajstić information content (AvgIpc) is 2.27. The Morgan fingerprint density at radius 2 is 1.89 bits per heavy atom. The van der Waals surface area contributed by atoms with E-state index in [0.29, 0.717) is 19.4 Å². The van der Waals surface area contributed by atoms with Gasteiger partial charge >= 0.3 is 5.97 Å². The van der Waals surface area contributed by atoms with Crippen molar-refractivity contribution in [2.75, 3.05) is 6.61 Å². The molecule has 0 saturated carbocycles. The number of carboxylic acids is 1. The first-order valence-corrected chi connectivity index (χ1v) is 6.29. The van der Waals surface area contributed by atoms with Crippen LogP contribution in [0.2, 0.25) is 0 Å². The SMILES string of the molecule is CC(C)(C)OCCC(Cc1ccccc1)C(=O)O. The van der Waals surface area contributed by atoms with Gasteiger partial charge in [0.1, 0.15) is 0 Å². The number of carbonyl (C=O) groups is 1. The molecule has 0 saturated heterocycles. The molecule has 0 aliphatic carbocycles. The molecule has 1 atom stereocenters. The highest BCUT2D eigenvalue weighted by Crippen LogP contribution is 2.15. The van der Waals surface area contributed by atoms with Crippen molar-refractivity contribution in [1.29, 1.82) is 0 Å². The van der Waals surface area contributed by atoms with Gasteiger partial charge in [0.05, 0.1) is 11.5 Å². The number of aliphatic carboxylic acids is 1. The lowest BCUT2D eigenvalue weighted by Crippen LogP contribution is -2.24. The number of hydrogen-bond acceptors (Lipinski definition) is 2. The van der Waals surface area contributed by atoms with Crippen LogP contribution in [-0.4, -0.2) is 23.3 Å². The van der Waals surface area contributed by atoms with Crippen molar-refractivity contribution in [2.24, 2.45) is 5.92 Å². The topological polar surface area (TPSA) is 46.5 Å². The highest BCUT2D eigenvalue weighted by Gasteiger charge is 2.19. The van der Waals surface area contributed by atoms with Gasteiger partial charge in [-0.05, 0) is 39.2 Å². The molecule has 3 nitrogen and oxygen atoms in total. The zero-order valence-electron chi connectivity index (χ0n) is 11.3. The minimum Gasteiger partial charge on any atom is -0.481 e. The summed E-state index contributed by atoms with van der Waals surface area (Å²) in [7, 11) is 0. The summed E-state index contributed by atoms with van der Waals surface area (Å²) in [5.74, 6) is -1.13. The highest BCUT2D eigenvalue weighted by atomic mass is 16.5. The van der Waals surface area contributed by atoms with E-state index in [0.717, 1.165) is 5.56 Å². The maximum Gasteiger partial charge on any atom is 0.306 e. The summed E-state index contributed by atoms with van der Waals surface area (Å²) < 4.78 is 5.58. The van der Waals surface area contributed by atoms with Crippen LogP contribution in [-0.2, 0) is 16.0 Å². The van der Waals surface area contributed by atoms with E-state index < -0.39 is 5.97 Å². The van der Waals surface area contributed by atoms with Crippen LogP contribution in [0.3, 0.4) is 0 Å². The van der Waals surface area contributed by atoms with Crippen LogP contribution in [0.4, 0.5) is 0 Å².